The van der Waals surface area contributed by atoms with E-state index in [1.807, 2.05) is 11.8 Å². The second-order valence-electron chi connectivity index (χ2n) is 5.04. The lowest BCUT2D eigenvalue weighted by Gasteiger charge is -2.40. The van der Waals surface area contributed by atoms with Gasteiger partial charge in [-0.3, -0.25) is 0 Å². The summed E-state index contributed by atoms with van der Waals surface area (Å²) in [6, 6.07) is 0. The summed E-state index contributed by atoms with van der Waals surface area (Å²) >= 11 is 1.96. The van der Waals surface area contributed by atoms with Gasteiger partial charge in [0.1, 0.15) is 18.0 Å². The Balaban J connectivity index is 2.10. The van der Waals surface area contributed by atoms with Crippen LogP contribution in [0.1, 0.15) is 38.2 Å². The zero-order valence-electron chi connectivity index (χ0n) is 11.7. The summed E-state index contributed by atoms with van der Waals surface area (Å²) in [4.78, 5) is 8.56. The van der Waals surface area contributed by atoms with E-state index in [0.29, 0.717) is 4.75 Å². The molecule has 5 nitrogen and oxygen atoms in total. The molecule has 1 aliphatic carbocycles. The van der Waals surface area contributed by atoms with Crippen molar-refractivity contribution in [3.05, 3.63) is 11.9 Å². The van der Waals surface area contributed by atoms with Crippen LogP contribution in [0.2, 0.25) is 0 Å². The zero-order chi connectivity index (χ0) is 13.7. The fourth-order valence-electron chi connectivity index (χ4n) is 2.44. The summed E-state index contributed by atoms with van der Waals surface area (Å²) < 4.78 is 0.394. The van der Waals surface area contributed by atoms with Crippen molar-refractivity contribution in [1.29, 1.82) is 0 Å². The molecule has 1 fully saturated rings. The van der Waals surface area contributed by atoms with Crippen LogP contribution in [0, 0.1) is 0 Å². The summed E-state index contributed by atoms with van der Waals surface area (Å²) in [6.45, 7) is 3.11. The first kappa shape index (κ1) is 14.4. The average Bonchev–Trinajstić information content (AvgIpc) is 2.39. The molecule has 19 heavy (non-hydrogen) atoms. The van der Waals surface area contributed by atoms with Crippen LogP contribution in [-0.2, 0) is 6.42 Å². The normalized spacial score (nSPS) is 16.8. The molecule has 1 saturated carbocycles. The van der Waals surface area contributed by atoms with Gasteiger partial charge < -0.3 is 10.7 Å². The van der Waals surface area contributed by atoms with Crippen molar-refractivity contribution in [3.8, 4) is 0 Å². The van der Waals surface area contributed by atoms with Gasteiger partial charge in [-0.05, 0) is 25.5 Å². The van der Waals surface area contributed by atoms with Crippen LogP contribution in [0.15, 0.2) is 6.33 Å². The molecular formula is C13H23N5S. The van der Waals surface area contributed by atoms with Gasteiger partial charge in [0.2, 0.25) is 0 Å². The molecular weight excluding hydrogens is 258 g/mol. The summed E-state index contributed by atoms with van der Waals surface area (Å²) in [5, 5.41) is 3.50. The Kier molecular flexibility index (Phi) is 4.87. The highest BCUT2D eigenvalue weighted by atomic mass is 32.2. The Bertz CT molecular complexity index is 414. The molecule has 6 heteroatoms. The number of aromatic nitrogens is 2. The van der Waals surface area contributed by atoms with E-state index in [2.05, 4.69) is 33.9 Å². The molecule has 0 aliphatic heterocycles. The summed E-state index contributed by atoms with van der Waals surface area (Å²) in [7, 11) is 0. The highest BCUT2D eigenvalue weighted by Crippen LogP contribution is 2.42. The van der Waals surface area contributed by atoms with Crippen molar-refractivity contribution >= 4 is 23.4 Å². The quantitative estimate of drug-likeness (QED) is 0.526. The summed E-state index contributed by atoms with van der Waals surface area (Å²) in [6.07, 6.45) is 9.64. The molecule has 0 spiro atoms. The molecule has 0 aromatic carbocycles. The molecule has 0 unspecified atom stereocenters. The first-order chi connectivity index (χ1) is 9.24. The first-order valence-corrected chi connectivity index (χ1v) is 8.06. The minimum atomic E-state index is 0.394. The maximum atomic E-state index is 5.52. The van der Waals surface area contributed by atoms with Gasteiger partial charge in [0.15, 0.2) is 0 Å². The van der Waals surface area contributed by atoms with Crippen molar-refractivity contribution in [2.75, 3.05) is 23.5 Å². The third-order valence-corrected chi connectivity index (χ3v) is 5.28. The van der Waals surface area contributed by atoms with Gasteiger partial charge in [-0.15, -0.1) is 0 Å². The second kappa shape index (κ2) is 6.43. The number of thioether (sulfide) groups is 1. The molecule has 106 valence electrons. The monoisotopic (exact) mass is 281 g/mol. The van der Waals surface area contributed by atoms with Gasteiger partial charge in [0, 0.05) is 16.9 Å². The number of anilines is 2. The van der Waals surface area contributed by atoms with Crippen LogP contribution in [0.25, 0.3) is 0 Å². The Morgan fingerprint density at radius 2 is 2.11 bits per heavy atom. The van der Waals surface area contributed by atoms with Crippen molar-refractivity contribution < 1.29 is 0 Å². The number of hydrogen-bond acceptors (Lipinski definition) is 6. The van der Waals surface area contributed by atoms with Crippen molar-refractivity contribution in [2.24, 2.45) is 5.84 Å². The van der Waals surface area contributed by atoms with E-state index in [1.54, 1.807) is 6.33 Å². The van der Waals surface area contributed by atoms with E-state index >= 15 is 0 Å². The van der Waals surface area contributed by atoms with Gasteiger partial charge >= 0.3 is 0 Å². The van der Waals surface area contributed by atoms with E-state index < -0.39 is 0 Å². The molecule has 1 aromatic rings. The van der Waals surface area contributed by atoms with Crippen molar-refractivity contribution in [1.82, 2.24) is 9.97 Å². The maximum absolute atomic E-state index is 5.52. The molecule has 1 heterocycles. The zero-order valence-corrected chi connectivity index (χ0v) is 12.5. The van der Waals surface area contributed by atoms with Crippen LogP contribution >= 0.6 is 11.8 Å². The molecule has 0 atom stereocenters. The molecule has 2 rings (SSSR count). The van der Waals surface area contributed by atoms with Crippen molar-refractivity contribution in [2.45, 2.75) is 43.8 Å². The summed E-state index contributed by atoms with van der Waals surface area (Å²) in [5.41, 5.74) is 3.75. The molecule has 0 amide bonds. The predicted octanol–water partition coefficient (Wildman–Crippen LogP) is 2.41. The lowest BCUT2D eigenvalue weighted by Crippen LogP contribution is -2.40. The Morgan fingerprint density at radius 1 is 1.37 bits per heavy atom. The lowest BCUT2D eigenvalue weighted by molar-refractivity contribution is 0.379. The SMILES string of the molecule is CCCc1c(NN)ncnc1NCC1(SC)CCC1. The molecule has 0 saturated heterocycles. The van der Waals surface area contributed by atoms with Crippen LogP contribution in [0.5, 0.6) is 0 Å². The molecule has 0 bridgehead atoms. The van der Waals surface area contributed by atoms with E-state index in [9.17, 15) is 0 Å². The fraction of sp³-hybridized carbons (Fsp3) is 0.692. The minimum Gasteiger partial charge on any atom is -0.368 e. The van der Waals surface area contributed by atoms with E-state index in [4.69, 9.17) is 5.84 Å². The Morgan fingerprint density at radius 3 is 2.63 bits per heavy atom. The van der Waals surface area contributed by atoms with Crippen LogP contribution in [-0.4, -0.2) is 27.5 Å². The van der Waals surface area contributed by atoms with Gasteiger partial charge in [-0.25, -0.2) is 15.8 Å². The standard InChI is InChI=1S/C13H23N5S/c1-3-5-10-11(16-9-17-12(10)18-14)15-8-13(19-2)6-4-7-13/h9H,3-8,14H2,1-2H3,(H2,15,16,17,18). The molecule has 0 radical (unpaired) electrons. The highest BCUT2D eigenvalue weighted by Gasteiger charge is 2.36. The van der Waals surface area contributed by atoms with E-state index in [1.165, 1.54) is 19.3 Å². The molecule has 1 aromatic heterocycles. The fourth-order valence-corrected chi connectivity index (χ4v) is 3.36. The van der Waals surface area contributed by atoms with E-state index in [-0.39, 0.29) is 0 Å². The number of hydrogen-bond donors (Lipinski definition) is 3. The number of rotatable bonds is 7. The maximum Gasteiger partial charge on any atom is 0.148 e. The van der Waals surface area contributed by atoms with Gasteiger partial charge in [0.05, 0.1) is 0 Å². The smallest absolute Gasteiger partial charge is 0.148 e. The van der Waals surface area contributed by atoms with E-state index in [0.717, 1.165) is 36.6 Å². The van der Waals surface area contributed by atoms with Crippen LogP contribution in [0.3, 0.4) is 0 Å². The number of nitrogens with one attached hydrogen (secondary N) is 2. The molecule has 4 N–H and O–H groups in total. The lowest BCUT2D eigenvalue weighted by atomic mass is 9.84. The number of nitrogen functional groups attached to an aromatic ring is 1. The Hall–Kier alpha value is -1.01. The Labute approximate surface area is 119 Å². The van der Waals surface area contributed by atoms with Gasteiger partial charge in [-0.1, -0.05) is 19.8 Å². The summed E-state index contributed by atoms with van der Waals surface area (Å²) in [5.74, 6) is 7.17. The van der Waals surface area contributed by atoms with Crippen molar-refractivity contribution in [3.63, 3.8) is 0 Å². The van der Waals surface area contributed by atoms with Gasteiger partial charge in [0.25, 0.3) is 0 Å². The molecule has 1 aliphatic rings. The second-order valence-corrected chi connectivity index (χ2v) is 6.31. The predicted molar refractivity (Wildman–Crippen MR) is 82.4 cm³/mol. The largest absolute Gasteiger partial charge is 0.368 e. The highest BCUT2D eigenvalue weighted by molar-refractivity contribution is 8.00. The van der Waals surface area contributed by atoms with Crippen LogP contribution in [0.4, 0.5) is 11.6 Å². The number of hydrazine groups is 1. The minimum absolute atomic E-state index is 0.394. The topological polar surface area (TPSA) is 75.9 Å². The third-order valence-electron chi connectivity index (χ3n) is 3.86. The number of nitrogens with zero attached hydrogens (tertiary/aromatic N) is 2. The average molecular weight is 281 g/mol. The van der Waals surface area contributed by atoms with Gasteiger partial charge in [-0.2, -0.15) is 11.8 Å². The third kappa shape index (κ3) is 3.12. The van der Waals surface area contributed by atoms with Crippen LogP contribution < -0.4 is 16.6 Å². The number of nitrogens with two attached hydrogens (primary N) is 1. The first-order valence-electron chi connectivity index (χ1n) is 6.84.